The number of ether oxygens (including phenoxy) is 1. The summed E-state index contributed by atoms with van der Waals surface area (Å²) in [7, 11) is 0. The summed E-state index contributed by atoms with van der Waals surface area (Å²) in [6.45, 7) is 4.81. The molecule has 2 heterocycles. The number of likely N-dealkylation sites (tertiary alicyclic amines) is 1. The topological polar surface area (TPSA) is 92.6 Å². The van der Waals surface area contributed by atoms with Crippen molar-refractivity contribution in [2.45, 2.75) is 26.8 Å². The van der Waals surface area contributed by atoms with Crippen LogP contribution in [0.5, 0.6) is 0 Å². The number of carbonyl (C=O) groups excluding carboxylic acids is 1. The molecule has 7 nitrogen and oxygen atoms in total. The average molecular weight is 375 g/mol. The zero-order valence-corrected chi connectivity index (χ0v) is 14.8. The van der Waals surface area contributed by atoms with Gasteiger partial charge in [-0.05, 0) is 12.8 Å². The molecule has 0 spiro atoms. The predicted molar refractivity (Wildman–Crippen MR) is 90.3 cm³/mol. The summed E-state index contributed by atoms with van der Waals surface area (Å²) in [6.07, 6.45) is 2.30. The highest BCUT2D eigenvalue weighted by molar-refractivity contribution is 8.03. The van der Waals surface area contributed by atoms with Crippen LogP contribution < -0.4 is 0 Å². The van der Waals surface area contributed by atoms with Crippen LogP contribution in [0.2, 0.25) is 0 Å². The van der Waals surface area contributed by atoms with Crippen LogP contribution in [0.15, 0.2) is 21.3 Å². The Morgan fingerprint density at radius 1 is 1.39 bits per heavy atom. The molecule has 1 aromatic rings. The van der Waals surface area contributed by atoms with E-state index in [9.17, 15) is 9.59 Å². The molecule has 10 heteroatoms. The Hall–Kier alpha value is -1.26. The van der Waals surface area contributed by atoms with E-state index >= 15 is 0 Å². The molecule has 0 saturated carbocycles. The van der Waals surface area contributed by atoms with Gasteiger partial charge in [0, 0.05) is 18.3 Å². The lowest BCUT2D eigenvalue weighted by molar-refractivity contribution is -0.139. The van der Waals surface area contributed by atoms with Gasteiger partial charge in [0.25, 0.3) is 0 Å². The lowest BCUT2D eigenvalue weighted by Crippen LogP contribution is -2.38. The maximum absolute atomic E-state index is 11.4. The third-order valence-corrected chi connectivity index (χ3v) is 6.50. The second kappa shape index (κ2) is 9.14. The molecule has 0 aromatic carbocycles. The number of hydrogen-bond acceptors (Lipinski definition) is 8. The highest BCUT2D eigenvalue weighted by Gasteiger charge is 2.24. The monoisotopic (exact) mass is 375 g/mol. The van der Waals surface area contributed by atoms with Crippen LogP contribution in [-0.2, 0) is 9.53 Å². The maximum atomic E-state index is 11.4. The zero-order chi connectivity index (χ0) is 16.7. The minimum absolute atomic E-state index is 0.199. The van der Waals surface area contributed by atoms with E-state index in [-0.39, 0.29) is 18.3 Å². The van der Waals surface area contributed by atoms with Gasteiger partial charge in [-0.2, -0.15) is 0 Å². The van der Waals surface area contributed by atoms with E-state index in [1.54, 1.807) is 11.8 Å². The summed E-state index contributed by atoms with van der Waals surface area (Å²) in [6, 6.07) is 0. The first-order valence-electron chi connectivity index (χ1n) is 6.96. The molecule has 1 aliphatic rings. The van der Waals surface area contributed by atoms with Crippen molar-refractivity contribution in [3.8, 4) is 0 Å². The normalized spacial score (nSPS) is 15.4. The van der Waals surface area contributed by atoms with Crippen LogP contribution >= 0.6 is 34.9 Å². The molecule has 1 aromatic heterocycles. The third kappa shape index (κ3) is 6.04. The van der Waals surface area contributed by atoms with Crippen LogP contribution in [0.1, 0.15) is 12.8 Å². The van der Waals surface area contributed by atoms with Gasteiger partial charge in [0.1, 0.15) is 6.61 Å². The van der Waals surface area contributed by atoms with Gasteiger partial charge in [0.2, 0.25) is 0 Å². The maximum Gasteiger partial charge on any atom is 0.407 e. The van der Waals surface area contributed by atoms with Crippen molar-refractivity contribution < 1.29 is 19.4 Å². The first-order chi connectivity index (χ1) is 11.1. The van der Waals surface area contributed by atoms with Crippen molar-refractivity contribution in [3.63, 3.8) is 0 Å². The fraction of sp³-hybridized carbons (Fsp3) is 0.538. The van der Waals surface area contributed by atoms with Crippen molar-refractivity contribution in [3.05, 3.63) is 12.7 Å². The van der Waals surface area contributed by atoms with Crippen molar-refractivity contribution >= 4 is 46.9 Å². The van der Waals surface area contributed by atoms with Crippen LogP contribution in [-0.4, -0.2) is 63.0 Å². The lowest BCUT2D eigenvalue weighted by atomic mass is 10.1. The number of amides is 1. The molecule has 0 aliphatic carbocycles. The van der Waals surface area contributed by atoms with Gasteiger partial charge < -0.3 is 14.7 Å². The summed E-state index contributed by atoms with van der Waals surface area (Å²) < 4.78 is 6.47. The van der Waals surface area contributed by atoms with Gasteiger partial charge in [0.15, 0.2) is 8.68 Å². The Morgan fingerprint density at radius 3 is 2.74 bits per heavy atom. The predicted octanol–water partition coefficient (Wildman–Crippen LogP) is 2.59. The number of hydrogen-bond donors (Lipinski definition) is 1. The largest absolute Gasteiger partial charge is 0.465 e. The number of nitrogens with zero attached hydrogens (tertiary/aromatic N) is 3. The Labute approximate surface area is 146 Å². The summed E-state index contributed by atoms with van der Waals surface area (Å²) in [5.41, 5.74) is 0. The van der Waals surface area contributed by atoms with E-state index in [4.69, 9.17) is 9.84 Å². The zero-order valence-electron chi connectivity index (χ0n) is 12.3. The molecule has 1 saturated heterocycles. The Morgan fingerprint density at radius 2 is 2.09 bits per heavy atom. The molecule has 23 heavy (non-hydrogen) atoms. The number of aromatic nitrogens is 2. The van der Waals surface area contributed by atoms with E-state index in [0.717, 1.165) is 21.5 Å². The molecule has 1 fully saturated rings. The van der Waals surface area contributed by atoms with Gasteiger partial charge in [-0.3, -0.25) is 4.79 Å². The molecular weight excluding hydrogens is 358 g/mol. The quantitative estimate of drug-likeness (QED) is 0.442. The van der Waals surface area contributed by atoms with Crippen molar-refractivity contribution in [2.24, 2.45) is 0 Å². The molecule has 126 valence electrons. The SMILES string of the molecule is C=CCOC(=O)CSc1nnc(SC2CCN(C(=O)O)CC2)s1. The minimum Gasteiger partial charge on any atom is -0.465 e. The average Bonchev–Trinajstić information content (AvgIpc) is 2.99. The van der Waals surface area contributed by atoms with E-state index < -0.39 is 6.09 Å². The Bertz CT molecular complexity index is 558. The summed E-state index contributed by atoms with van der Waals surface area (Å²) in [5, 5.41) is 17.5. The van der Waals surface area contributed by atoms with Crippen molar-refractivity contribution in [2.75, 3.05) is 25.4 Å². The number of esters is 1. The standard InChI is InChI=1S/C13H17N3O4S3/c1-2-7-20-10(17)8-21-11-14-15-12(23-11)22-9-3-5-16(6-4-9)13(18)19/h2,9H,1,3-8H2,(H,18,19). The second-order valence-electron chi connectivity index (χ2n) is 4.68. The molecule has 2 rings (SSSR count). The summed E-state index contributed by atoms with van der Waals surface area (Å²) in [5.74, 6) is -0.107. The van der Waals surface area contributed by atoms with Crippen molar-refractivity contribution in [1.29, 1.82) is 0 Å². The summed E-state index contributed by atoms with van der Waals surface area (Å²) >= 11 is 4.38. The highest BCUT2D eigenvalue weighted by Crippen LogP contribution is 2.34. The molecule has 1 aliphatic heterocycles. The van der Waals surface area contributed by atoms with Crippen LogP contribution in [0, 0.1) is 0 Å². The summed E-state index contributed by atoms with van der Waals surface area (Å²) in [4.78, 5) is 23.7. The van der Waals surface area contributed by atoms with Gasteiger partial charge in [-0.25, -0.2) is 4.79 Å². The van der Waals surface area contributed by atoms with Gasteiger partial charge >= 0.3 is 12.1 Å². The molecule has 0 radical (unpaired) electrons. The van der Waals surface area contributed by atoms with Gasteiger partial charge in [-0.1, -0.05) is 47.5 Å². The number of rotatable bonds is 7. The van der Waals surface area contributed by atoms with E-state index in [0.29, 0.717) is 18.3 Å². The molecule has 0 bridgehead atoms. The Balaban J connectivity index is 1.73. The highest BCUT2D eigenvalue weighted by atomic mass is 32.2. The number of piperidine rings is 1. The molecule has 0 unspecified atom stereocenters. The number of thioether (sulfide) groups is 2. The van der Waals surface area contributed by atoms with Gasteiger partial charge in [0.05, 0.1) is 5.75 Å². The van der Waals surface area contributed by atoms with E-state index in [1.165, 1.54) is 34.1 Å². The molecule has 0 atom stereocenters. The second-order valence-corrected chi connectivity index (χ2v) is 8.43. The van der Waals surface area contributed by atoms with E-state index in [2.05, 4.69) is 16.8 Å². The van der Waals surface area contributed by atoms with E-state index in [1.807, 2.05) is 0 Å². The molecule has 1 amide bonds. The Kier molecular flexibility index (Phi) is 7.18. The number of carbonyl (C=O) groups is 2. The smallest absolute Gasteiger partial charge is 0.407 e. The lowest BCUT2D eigenvalue weighted by Gasteiger charge is -2.28. The van der Waals surface area contributed by atoms with Crippen LogP contribution in [0.25, 0.3) is 0 Å². The molecule has 1 N–H and O–H groups in total. The van der Waals surface area contributed by atoms with Gasteiger partial charge in [-0.15, -0.1) is 10.2 Å². The first kappa shape index (κ1) is 18.1. The van der Waals surface area contributed by atoms with Crippen molar-refractivity contribution in [1.82, 2.24) is 15.1 Å². The van der Waals surface area contributed by atoms with Crippen LogP contribution in [0.4, 0.5) is 4.79 Å². The third-order valence-electron chi connectivity index (χ3n) is 3.04. The first-order valence-corrected chi connectivity index (χ1v) is 9.64. The fourth-order valence-corrected chi connectivity index (χ4v) is 5.13. The molecular formula is C13H17N3O4S3. The van der Waals surface area contributed by atoms with Crippen LogP contribution in [0.3, 0.4) is 0 Å². The number of carboxylic acid groups (broad SMARTS) is 1. The fourth-order valence-electron chi connectivity index (χ4n) is 1.92. The minimum atomic E-state index is -0.855.